The van der Waals surface area contributed by atoms with E-state index in [-0.39, 0.29) is 11.4 Å². The number of carbonyl (C=O) groups is 1. The number of carboxylic acids is 1. The average Bonchev–Trinajstić information content (AvgIpc) is 2.88. The summed E-state index contributed by atoms with van der Waals surface area (Å²) < 4.78 is 24.5. The summed E-state index contributed by atoms with van der Waals surface area (Å²) in [6.07, 6.45) is 1.59. The number of hydrogen-bond donors (Lipinski definition) is 3. The van der Waals surface area contributed by atoms with Crippen molar-refractivity contribution in [3.05, 3.63) is 83.4 Å². The van der Waals surface area contributed by atoms with Crippen molar-refractivity contribution in [1.82, 2.24) is 15.3 Å². The molecule has 1 saturated heterocycles. The van der Waals surface area contributed by atoms with Crippen molar-refractivity contribution in [3.63, 3.8) is 0 Å². The molecule has 0 aliphatic carbocycles. The maximum atomic E-state index is 13.6. The molecule has 0 spiro atoms. The number of halogens is 2. The van der Waals surface area contributed by atoms with Crippen LogP contribution in [0.25, 0.3) is 22.2 Å². The molecule has 0 unspecified atom stereocenters. The minimum atomic E-state index is -0.786. The lowest BCUT2D eigenvalue weighted by molar-refractivity contribution is -0.136. The Morgan fingerprint density at radius 2 is 1.92 bits per heavy atom. The molecular formula is C28H28ClFN4O4. The lowest BCUT2D eigenvalue weighted by atomic mass is 10.0. The molecule has 3 aromatic carbocycles. The number of fused-ring (bicyclic) bond motifs is 1. The van der Waals surface area contributed by atoms with Crippen LogP contribution in [0.5, 0.6) is 5.75 Å². The van der Waals surface area contributed by atoms with Gasteiger partial charge >= 0.3 is 5.97 Å². The Morgan fingerprint density at radius 3 is 2.58 bits per heavy atom. The van der Waals surface area contributed by atoms with E-state index in [9.17, 15) is 9.18 Å². The van der Waals surface area contributed by atoms with E-state index >= 15 is 0 Å². The molecule has 198 valence electrons. The topological polar surface area (TPSA) is 106 Å². The zero-order chi connectivity index (χ0) is 26.9. The molecule has 38 heavy (non-hydrogen) atoms. The Labute approximate surface area is 224 Å². The largest absolute Gasteiger partial charge is 0.489 e. The highest BCUT2D eigenvalue weighted by Crippen LogP contribution is 2.35. The Hall–Kier alpha value is -3.79. The number of ether oxygens (including phenoxy) is 2. The van der Waals surface area contributed by atoms with E-state index in [1.807, 2.05) is 30.3 Å². The normalized spacial score (nSPS) is 12.8. The number of aliphatic carboxylic acids is 1. The van der Waals surface area contributed by atoms with E-state index in [2.05, 4.69) is 20.6 Å². The second-order valence-electron chi connectivity index (χ2n) is 8.61. The number of aromatic nitrogens is 2. The first-order chi connectivity index (χ1) is 18.4. The minimum Gasteiger partial charge on any atom is -0.489 e. The molecule has 1 aliphatic rings. The van der Waals surface area contributed by atoms with Gasteiger partial charge in [-0.2, -0.15) is 0 Å². The molecule has 0 atom stereocenters. The summed E-state index contributed by atoms with van der Waals surface area (Å²) in [4.78, 5) is 19.0. The van der Waals surface area contributed by atoms with E-state index < -0.39 is 11.8 Å². The Balaban J connectivity index is 0.000000283. The summed E-state index contributed by atoms with van der Waals surface area (Å²) in [6, 6.07) is 17.9. The lowest BCUT2D eigenvalue weighted by Crippen LogP contribution is -2.51. The third-order valence-electron chi connectivity index (χ3n) is 5.81. The number of methoxy groups -OCH3 is 1. The fourth-order valence-corrected chi connectivity index (χ4v) is 3.99. The molecule has 1 aromatic heterocycles. The van der Waals surface area contributed by atoms with Crippen LogP contribution >= 0.6 is 11.6 Å². The fraction of sp³-hybridized carbons (Fsp3) is 0.250. The van der Waals surface area contributed by atoms with Gasteiger partial charge in [0.2, 0.25) is 0 Å². The molecule has 8 nitrogen and oxygen atoms in total. The smallest absolute Gasteiger partial charge is 0.307 e. The van der Waals surface area contributed by atoms with Gasteiger partial charge in [0, 0.05) is 37.2 Å². The number of anilines is 1. The molecule has 4 aromatic rings. The van der Waals surface area contributed by atoms with Crippen LogP contribution in [-0.4, -0.2) is 60.5 Å². The van der Waals surface area contributed by atoms with Gasteiger partial charge in [0.25, 0.3) is 0 Å². The molecule has 1 aliphatic heterocycles. The standard InChI is InChI=1S/C20H20ClFN4O2.C8H8O2/c1-27-4-5-28-19-8-17-14(7-18(19)26-13-9-23-10-13)20(25-11-24-17)12-2-3-16(22)15(21)6-12;9-8(10)6-7-4-2-1-3-5-7/h2-3,6-8,11,13,23,26H,4-5,9-10H2,1H3;1-5H,6H2,(H,9,10). The molecule has 5 rings (SSSR count). The van der Waals surface area contributed by atoms with E-state index in [0.717, 1.165) is 40.8 Å². The first-order valence-electron chi connectivity index (χ1n) is 12.0. The Bertz CT molecular complexity index is 1390. The van der Waals surface area contributed by atoms with E-state index in [4.69, 9.17) is 26.2 Å². The van der Waals surface area contributed by atoms with Crippen LogP contribution in [0.2, 0.25) is 5.02 Å². The number of nitrogens with zero attached hydrogens (tertiary/aromatic N) is 2. The highest BCUT2D eigenvalue weighted by molar-refractivity contribution is 6.31. The summed E-state index contributed by atoms with van der Waals surface area (Å²) >= 11 is 5.97. The Morgan fingerprint density at radius 1 is 1.13 bits per heavy atom. The molecule has 0 amide bonds. The van der Waals surface area contributed by atoms with E-state index in [0.29, 0.717) is 30.7 Å². The number of carboxylic acid groups (broad SMARTS) is 1. The van der Waals surface area contributed by atoms with Crippen molar-refractivity contribution in [2.75, 3.05) is 38.7 Å². The van der Waals surface area contributed by atoms with Gasteiger partial charge in [-0.25, -0.2) is 14.4 Å². The lowest BCUT2D eigenvalue weighted by Gasteiger charge is -2.30. The SMILES string of the molecule is COCCOc1cc2ncnc(-c3ccc(F)c(Cl)c3)c2cc1NC1CNC1.O=C(O)Cc1ccccc1. The summed E-state index contributed by atoms with van der Waals surface area (Å²) in [5, 5.41) is 16.0. The second-order valence-corrected chi connectivity index (χ2v) is 9.02. The van der Waals surface area contributed by atoms with Crippen LogP contribution in [0, 0.1) is 5.82 Å². The van der Waals surface area contributed by atoms with Crippen LogP contribution in [0.1, 0.15) is 5.56 Å². The number of nitrogens with one attached hydrogen (secondary N) is 2. The molecular weight excluding hydrogens is 511 g/mol. The predicted octanol–water partition coefficient (Wildman–Crippen LogP) is 4.81. The molecule has 0 radical (unpaired) electrons. The zero-order valence-corrected chi connectivity index (χ0v) is 21.5. The van der Waals surface area contributed by atoms with Crippen LogP contribution in [-0.2, 0) is 16.0 Å². The first-order valence-corrected chi connectivity index (χ1v) is 12.4. The average molecular weight is 539 g/mol. The van der Waals surface area contributed by atoms with Gasteiger partial charge in [-0.15, -0.1) is 0 Å². The quantitative estimate of drug-likeness (QED) is 0.261. The van der Waals surface area contributed by atoms with Crippen molar-refractivity contribution >= 4 is 34.2 Å². The maximum Gasteiger partial charge on any atom is 0.307 e. The van der Waals surface area contributed by atoms with Crippen LogP contribution in [0.15, 0.2) is 67.0 Å². The van der Waals surface area contributed by atoms with Gasteiger partial charge in [-0.05, 0) is 29.8 Å². The van der Waals surface area contributed by atoms with Gasteiger partial charge < -0.3 is 25.2 Å². The number of rotatable bonds is 9. The molecule has 0 bridgehead atoms. The first kappa shape index (κ1) is 27.3. The van der Waals surface area contributed by atoms with Crippen molar-refractivity contribution < 1.29 is 23.8 Å². The summed E-state index contributed by atoms with van der Waals surface area (Å²) in [6.45, 7) is 2.71. The van der Waals surface area contributed by atoms with Gasteiger partial charge in [0.1, 0.15) is 24.5 Å². The fourth-order valence-electron chi connectivity index (χ4n) is 3.81. The van der Waals surface area contributed by atoms with Crippen LogP contribution in [0.3, 0.4) is 0 Å². The van der Waals surface area contributed by atoms with E-state index in [1.54, 1.807) is 31.4 Å². The van der Waals surface area contributed by atoms with Crippen molar-refractivity contribution in [2.45, 2.75) is 12.5 Å². The van der Waals surface area contributed by atoms with Crippen molar-refractivity contribution in [2.24, 2.45) is 0 Å². The van der Waals surface area contributed by atoms with Gasteiger partial charge in [0.15, 0.2) is 0 Å². The number of benzene rings is 3. The van der Waals surface area contributed by atoms with Crippen LogP contribution < -0.4 is 15.4 Å². The van der Waals surface area contributed by atoms with E-state index in [1.165, 1.54) is 12.4 Å². The summed E-state index contributed by atoms with van der Waals surface area (Å²) in [5.74, 6) is -0.540. The molecule has 2 heterocycles. The highest BCUT2D eigenvalue weighted by atomic mass is 35.5. The monoisotopic (exact) mass is 538 g/mol. The third kappa shape index (κ3) is 7.16. The predicted molar refractivity (Wildman–Crippen MR) is 145 cm³/mol. The second kappa shape index (κ2) is 13.1. The zero-order valence-electron chi connectivity index (χ0n) is 20.8. The van der Waals surface area contributed by atoms with Gasteiger partial charge in [0.05, 0.1) is 41.0 Å². The Kier molecular flexibility index (Phi) is 9.42. The molecule has 10 heteroatoms. The highest BCUT2D eigenvalue weighted by Gasteiger charge is 2.20. The minimum absolute atomic E-state index is 0.0580. The summed E-state index contributed by atoms with van der Waals surface area (Å²) in [7, 11) is 1.64. The maximum absolute atomic E-state index is 13.6. The van der Waals surface area contributed by atoms with Crippen LogP contribution in [0.4, 0.5) is 10.1 Å². The summed E-state index contributed by atoms with van der Waals surface area (Å²) in [5.41, 5.74) is 3.85. The number of hydrogen-bond acceptors (Lipinski definition) is 7. The molecule has 3 N–H and O–H groups in total. The third-order valence-corrected chi connectivity index (χ3v) is 6.10. The van der Waals surface area contributed by atoms with Crippen molar-refractivity contribution in [1.29, 1.82) is 0 Å². The molecule has 0 saturated carbocycles. The van der Waals surface area contributed by atoms with Crippen molar-refractivity contribution in [3.8, 4) is 17.0 Å². The van der Waals surface area contributed by atoms with Gasteiger partial charge in [-0.3, -0.25) is 4.79 Å². The molecule has 1 fully saturated rings. The van der Waals surface area contributed by atoms with Gasteiger partial charge in [-0.1, -0.05) is 41.9 Å².